The fraction of sp³-hybridized carbons (Fsp3) is 0.667. The van der Waals surface area contributed by atoms with Gasteiger partial charge < -0.3 is 0 Å². The van der Waals surface area contributed by atoms with Gasteiger partial charge in [-0.25, -0.2) is 0 Å². The summed E-state index contributed by atoms with van der Waals surface area (Å²) in [6.07, 6.45) is 1.78. The molecule has 0 amide bonds. The first-order valence-electron chi connectivity index (χ1n) is 3.13. The fourth-order valence-electron chi connectivity index (χ4n) is 0.617. The van der Waals surface area contributed by atoms with Crippen LogP contribution in [0.1, 0.15) is 13.8 Å². The van der Waals surface area contributed by atoms with Gasteiger partial charge in [-0.05, 0) is 13.8 Å². The highest BCUT2D eigenvalue weighted by atomic mass is 15.5. The van der Waals surface area contributed by atoms with E-state index in [4.69, 9.17) is 0 Å². The first-order chi connectivity index (χ1) is 4.33. The standard InChI is InChI=1S/C6H11N3/c1-3-9-5-7-6(2)4-8-9/h4H,3,5H2,1-2H3. The largest absolute Gasteiger partial charge is 0.276 e. The van der Waals surface area contributed by atoms with Crippen LogP contribution in [0.4, 0.5) is 0 Å². The van der Waals surface area contributed by atoms with Crippen molar-refractivity contribution in [1.82, 2.24) is 5.01 Å². The fourth-order valence-corrected chi connectivity index (χ4v) is 0.617. The molecule has 0 saturated heterocycles. The van der Waals surface area contributed by atoms with Crippen LogP contribution in [0.15, 0.2) is 10.1 Å². The van der Waals surface area contributed by atoms with Crippen molar-refractivity contribution in [3.8, 4) is 0 Å². The van der Waals surface area contributed by atoms with E-state index in [-0.39, 0.29) is 0 Å². The molecule has 0 radical (unpaired) electrons. The third kappa shape index (κ3) is 1.52. The Morgan fingerprint density at radius 2 is 2.56 bits per heavy atom. The molecule has 0 aromatic rings. The lowest BCUT2D eigenvalue weighted by atomic mass is 10.4. The van der Waals surface area contributed by atoms with Gasteiger partial charge in [-0.2, -0.15) is 5.10 Å². The number of aliphatic imine (C=N–C) groups is 1. The maximum absolute atomic E-state index is 4.18. The van der Waals surface area contributed by atoms with Crippen LogP contribution in [0.2, 0.25) is 0 Å². The van der Waals surface area contributed by atoms with Gasteiger partial charge in [-0.15, -0.1) is 0 Å². The normalized spacial score (nSPS) is 18.0. The molecule has 9 heavy (non-hydrogen) atoms. The Balaban J connectivity index is 2.48. The van der Waals surface area contributed by atoms with Crippen LogP contribution in [0.25, 0.3) is 0 Å². The number of hydrogen-bond acceptors (Lipinski definition) is 3. The summed E-state index contributed by atoms with van der Waals surface area (Å²) in [5.74, 6) is 0. The Kier molecular flexibility index (Phi) is 1.82. The maximum atomic E-state index is 4.18. The zero-order valence-corrected chi connectivity index (χ0v) is 5.83. The average molecular weight is 125 g/mol. The highest BCUT2D eigenvalue weighted by Crippen LogP contribution is 1.93. The van der Waals surface area contributed by atoms with E-state index in [0.717, 1.165) is 18.9 Å². The zero-order valence-electron chi connectivity index (χ0n) is 5.83. The highest BCUT2D eigenvalue weighted by molar-refractivity contribution is 6.29. The first kappa shape index (κ1) is 6.26. The Hall–Kier alpha value is -0.860. The van der Waals surface area contributed by atoms with E-state index in [1.807, 2.05) is 11.9 Å². The lowest BCUT2D eigenvalue weighted by Crippen LogP contribution is -2.22. The summed E-state index contributed by atoms with van der Waals surface area (Å²) >= 11 is 0. The van der Waals surface area contributed by atoms with Crippen molar-refractivity contribution in [2.24, 2.45) is 10.1 Å². The van der Waals surface area contributed by atoms with E-state index in [1.54, 1.807) is 6.21 Å². The number of hydrogen-bond donors (Lipinski definition) is 0. The first-order valence-corrected chi connectivity index (χ1v) is 3.13. The van der Waals surface area contributed by atoms with Gasteiger partial charge in [0, 0.05) is 6.54 Å². The van der Waals surface area contributed by atoms with Crippen molar-refractivity contribution in [3.63, 3.8) is 0 Å². The summed E-state index contributed by atoms with van der Waals surface area (Å²) in [5.41, 5.74) is 1.01. The third-order valence-corrected chi connectivity index (χ3v) is 1.26. The molecule has 1 aliphatic heterocycles. The Morgan fingerprint density at radius 3 is 3.00 bits per heavy atom. The lowest BCUT2D eigenvalue weighted by Gasteiger charge is -2.16. The number of hydrazone groups is 1. The second-order valence-corrected chi connectivity index (χ2v) is 2.01. The summed E-state index contributed by atoms with van der Waals surface area (Å²) in [5, 5.41) is 6.02. The van der Waals surface area contributed by atoms with Gasteiger partial charge in [0.25, 0.3) is 0 Å². The van der Waals surface area contributed by atoms with Gasteiger partial charge in [0.2, 0.25) is 0 Å². The summed E-state index contributed by atoms with van der Waals surface area (Å²) in [7, 11) is 0. The van der Waals surface area contributed by atoms with Crippen LogP contribution < -0.4 is 0 Å². The molecule has 0 aliphatic carbocycles. The third-order valence-electron chi connectivity index (χ3n) is 1.26. The van der Waals surface area contributed by atoms with E-state index >= 15 is 0 Å². The highest BCUT2D eigenvalue weighted by Gasteiger charge is 1.98. The molecule has 3 nitrogen and oxygen atoms in total. The predicted molar refractivity (Wildman–Crippen MR) is 38.8 cm³/mol. The van der Waals surface area contributed by atoms with Gasteiger partial charge >= 0.3 is 0 Å². The molecule has 0 saturated carbocycles. The monoisotopic (exact) mass is 125 g/mol. The second kappa shape index (κ2) is 2.62. The molecule has 0 unspecified atom stereocenters. The van der Waals surface area contributed by atoms with Crippen molar-refractivity contribution in [1.29, 1.82) is 0 Å². The zero-order chi connectivity index (χ0) is 6.69. The van der Waals surface area contributed by atoms with E-state index in [9.17, 15) is 0 Å². The molecule has 0 bridgehead atoms. The lowest BCUT2D eigenvalue weighted by molar-refractivity contribution is 0.314. The minimum absolute atomic E-state index is 0.721. The summed E-state index contributed by atoms with van der Waals surface area (Å²) < 4.78 is 0. The molecule has 0 aromatic heterocycles. The van der Waals surface area contributed by atoms with Crippen LogP contribution in [0, 0.1) is 0 Å². The molecule has 3 heteroatoms. The Bertz CT molecular complexity index is 148. The van der Waals surface area contributed by atoms with E-state index in [0.29, 0.717) is 0 Å². The summed E-state index contributed by atoms with van der Waals surface area (Å²) in [6, 6.07) is 0. The quantitative estimate of drug-likeness (QED) is 0.507. The van der Waals surface area contributed by atoms with Gasteiger partial charge in [0.05, 0.1) is 11.9 Å². The van der Waals surface area contributed by atoms with Crippen molar-refractivity contribution in [2.45, 2.75) is 13.8 Å². The minimum atomic E-state index is 0.721. The van der Waals surface area contributed by atoms with E-state index < -0.39 is 0 Å². The van der Waals surface area contributed by atoms with Crippen molar-refractivity contribution in [3.05, 3.63) is 0 Å². The summed E-state index contributed by atoms with van der Waals surface area (Å²) in [6.45, 7) is 5.68. The SMILES string of the molecule is CCN1CN=C(C)C=N1. The van der Waals surface area contributed by atoms with E-state index in [1.165, 1.54) is 0 Å². The van der Waals surface area contributed by atoms with Gasteiger partial charge in [0.15, 0.2) is 0 Å². The molecule has 0 fully saturated rings. The van der Waals surface area contributed by atoms with Crippen LogP contribution >= 0.6 is 0 Å². The molecule has 1 heterocycles. The predicted octanol–water partition coefficient (Wildman–Crippen LogP) is 0.726. The van der Waals surface area contributed by atoms with Gasteiger partial charge in [-0.1, -0.05) is 0 Å². The van der Waals surface area contributed by atoms with Crippen LogP contribution in [0.5, 0.6) is 0 Å². The van der Waals surface area contributed by atoms with Crippen molar-refractivity contribution in [2.75, 3.05) is 13.2 Å². The molecule has 1 aliphatic rings. The smallest absolute Gasteiger partial charge is 0.126 e. The molecule has 50 valence electrons. The molecular formula is C6H11N3. The molecule has 1 rings (SSSR count). The van der Waals surface area contributed by atoms with Crippen LogP contribution in [0.3, 0.4) is 0 Å². The van der Waals surface area contributed by atoms with Gasteiger partial charge in [-0.3, -0.25) is 10.0 Å². The van der Waals surface area contributed by atoms with Crippen LogP contribution in [-0.4, -0.2) is 30.1 Å². The minimum Gasteiger partial charge on any atom is -0.276 e. The molecule has 0 atom stereocenters. The molecule has 0 N–H and O–H groups in total. The summed E-state index contributed by atoms with van der Waals surface area (Å²) in [4.78, 5) is 4.18. The molecule has 0 aromatic carbocycles. The Morgan fingerprint density at radius 1 is 1.78 bits per heavy atom. The number of rotatable bonds is 1. The average Bonchev–Trinajstić information content (AvgIpc) is 1.90. The topological polar surface area (TPSA) is 28.0 Å². The maximum Gasteiger partial charge on any atom is 0.126 e. The van der Waals surface area contributed by atoms with Crippen molar-refractivity contribution < 1.29 is 0 Å². The second-order valence-electron chi connectivity index (χ2n) is 2.01. The number of nitrogens with zero attached hydrogens (tertiary/aromatic N) is 3. The van der Waals surface area contributed by atoms with E-state index in [2.05, 4.69) is 17.0 Å². The van der Waals surface area contributed by atoms with Gasteiger partial charge in [0.1, 0.15) is 6.67 Å². The Labute approximate surface area is 55.1 Å². The molecular weight excluding hydrogens is 114 g/mol. The molecule has 0 spiro atoms. The van der Waals surface area contributed by atoms with Crippen molar-refractivity contribution >= 4 is 11.9 Å². The van der Waals surface area contributed by atoms with Crippen LogP contribution in [-0.2, 0) is 0 Å².